The summed E-state index contributed by atoms with van der Waals surface area (Å²) in [5, 5.41) is 32.8. The van der Waals surface area contributed by atoms with Gasteiger partial charge < -0.3 is 25.4 Å². The SMILES string of the molecule is C/C=C/NC1=C(OC)C(=NCC(O)=C2CC2)CC(O)(CO)C1. The van der Waals surface area contributed by atoms with E-state index in [-0.39, 0.29) is 26.0 Å². The van der Waals surface area contributed by atoms with E-state index in [1.54, 1.807) is 13.3 Å². The average molecular weight is 308 g/mol. The predicted molar refractivity (Wildman–Crippen MR) is 84.4 cm³/mol. The highest BCUT2D eigenvalue weighted by Gasteiger charge is 2.37. The molecular formula is C16H24N2O4. The first-order valence-corrected chi connectivity index (χ1v) is 7.44. The summed E-state index contributed by atoms with van der Waals surface area (Å²) in [6.07, 6.45) is 5.86. The quantitative estimate of drug-likeness (QED) is 0.558. The maximum absolute atomic E-state index is 10.5. The number of methoxy groups -OCH3 is 1. The number of nitrogens with one attached hydrogen (secondary N) is 1. The standard InChI is InChI=1S/C16H24N2O4/c1-3-6-17-12-7-16(21,10-19)8-13(15(12)22-2)18-9-14(20)11-4-5-11/h3,6,17,19-21H,4-5,7-10H2,1-2H3/b6-3+,18-13?. The molecule has 122 valence electrons. The van der Waals surface area contributed by atoms with Gasteiger partial charge in [-0.2, -0.15) is 0 Å². The van der Waals surface area contributed by atoms with Crippen molar-refractivity contribution >= 4 is 5.71 Å². The predicted octanol–water partition coefficient (Wildman–Crippen LogP) is 1.53. The molecule has 0 amide bonds. The van der Waals surface area contributed by atoms with Crippen molar-refractivity contribution in [3.05, 3.63) is 35.1 Å². The summed E-state index contributed by atoms with van der Waals surface area (Å²) in [6, 6.07) is 0. The highest BCUT2D eigenvalue weighted by atomic mass is 16.5. The number of rotatable bonds is 6. The summed E-state index contributed by atoms with van der Waals surface area (Å²) in [5.74, 6) is 0.855. The van der Waals surface area contributed by atoms with Crippen molar-refractivity contribution in [1.29, 1.82) is 0 Å². The van der Waals surface area contributed by atoms with E-state index in [0.29, 0.717) is 22.9 Å². The minimum Gasteiger partial charge on any atom is -0.510 e. The molecule has 0 radical (unpaired) electrons. The molecule has 2 aliphatic carbocycles. The lowest BCUT2D eigenvalue weighted by atomic mass is 9.85. The Morgan fingerprint density at radius 1 is 1.41 bits per heavy atom. The highest BCUT2D eigenvalue weighted by molar-refractivity contribution is 6.00. The summed E-state index contributed by atoms with van der Waals surface area (Å²) in [4.78, 5) is 4.39. The molecule has 4 N–H and O–H groups in total. The van der Waals surface area contributed by atoms with E-state index in [1.807, 2.05) is 13.0 Å². The monoisotopic (exact) mass is 308 g/mol. The molecule has 1 fully saturated rings. The number of nitrogens with zero attached hydrogens (tertiary/aromatic N) is 1. The first-order valence-electron chi connectivity index (χ1n) is 7.44. The van der Waals surface area contributed by atoms with Gasteiger partial charge in [-0.25, -0.2) is 0 Å². The molecule has 0 aromatic carbocycles. The number of aliphatic hydroxyl groups is 3. The van der Waals surface area contributed by atoms with Crippen LogP contribution in [0.2, 0.25) is 0 Å². The Balaban J connectivity index is 2.30. The first-order chi connectivity index (χ1) is 10.5. The summed E-state index contributed by atoms with van der Waals surface area (Å²) in [6.45, 7) is 1.68. The fraction of sp³-hybridized carbons (Fsp3) is 0.562. The van der Waals surface area contributed by atoms with Gasteiger partial charge in [-0.05, 0) is 31.5 Å². The Kier molecular flexibility index (Phi) is 5.26. The Bertz CT molecular complexity index is 542. The number of hydrogen-bond acceptors (Lipinski definition) is 6. The molecule has 22 heavy (non-hydrogen) atoms. The summed E-state index contributed by atoms with van der Waals surface area (Å²) in [5.41, 5.74) is 0.978. The van der Waals surface area contributed by atoms with Gasteiger partial charge >= 0.3 is 0 Å². The van der Waals surface area contributed by atoms with E-state index in [2.05, 4.69) is 10.3 Å². The third kappa shape index (κ3) is 3.90. The molecule has 1 saturated carbocycles. The molecule has 6 nitrogen and oxygen atoms in total. The van der Waals surface area contributed by atoms with Crippen molar-refractivity contribution in [3.8, 4) is 0 Å². The molecule has 1 atom stereocenters. The molecule has 2 rings (SSSR count). The van der Waals surface area contributed by atoms with Crippen LogP contribution < -0.4 is 5.32 Å². The van der Waals surface area contributed by atoms with Gasteiger partial charge in [0.05, 0.1) is 37.3 Å². The fourth-order valence-electron chi connectivity index (χ4n) is 2.45. The Hall–Kier alpha value is -1.79. The van der Waals surface area contributed by atoms with Crippen LogP contribution in [0, 0.1) is 0 Å². The number of aliphatic imine (C=N–C) groups is 1. The Morgan fingerprint density at radius 3 is 2.68 bits per heavy atom. The normalized spacial score (nSPS) is 26.7. The van der Waals surface area contributed by atoms with Crippen LogP contribution in [0.3, 0.4) is 0 Å². The van der Waals surface area contributed by atoms with Gasteiger partial charge in [-0.15, -0.1) is 0 Å². The van der Waals surface area contributed by atoms with Gasteiger partial charge in [-0.3, -0.25) is 4.99 Å². The van der Waals surface area contributed by atoms with Crippen molar-refractivity contribution in [1.82, 2.24) is 5.32 Å². The number of hydrogen-bond donors (Lipinski definition) is 4. The van der Waals surface area contributed by atoms with Crippen molar-refractivity contribution in [2.75, 3.05) is 20.3 Å². The van der Waals surface area contributed by atoms with E-state index < -0.39 is 5.60 Å². The van der Waals surface area contributed by atoms with Crippen molar-refractivity contribution < 1.29 is 20.1 Å². The van der Waals surface area contributed by atoms with Crippen LogP contribution in [0.5, 0.6) is 0 Å². The van der Waals surface area contributed by atoms with Crippen LogP contribution in [0.1, 0.15) is 32.6 Å². The second-order valence-corrected chi connectivity index (χ2v) is 5.71. The molecule has 0 aliphatic heterocycles. The average Bonchev–Trinajstić information content (AvgIpc) is 3.35. The largest absolute Gasteiger partial charge is 0.510 e. The van der Waals surface area contributed by atoms with E-state index in [0.717, 1.165) is 18.4 Å². The first kappa shape index (κ1) is 16.6. The molecule has 0 saturated heterocycles. The van der Waals surface area contributed by atoms with Crippen molar-refractivity contribution in [2.45, 2.75) is 38.2 Å². The molecule has 0 heterocycles. The molecule has 0 aromatic heterocycles. The second-order valence-electron chi connectivity index (χ2n) is 5.71. The third-order valence-corrected chi connectivity index (χ3v) is 3.79. The van der Waals surface area contributed by atoms with Crippen LogP contribution in [-0.2, 0) is 4.74 Å². The lowest BCUT2D eigenvalue weighted by molar-refractivity contribution is -0.0126. The highest BCUT2D eigenvalue weighted by Crippen LogP contribution is 2.32. The van der Waals surface area contributed by atoms with Crippen LogP contribution >= 0.6 is 0 Å². The zero-order chi connectivity index (χ0) is 16.2. The topological polar surface area (TPSA) is 94.3 Å². The second kappa shape index (κ2) is 6.98. The third-order valence-electron chi connectivity index (χ3n) is 3.79. The summed E-state index contributed by atoms with van der Waals surface area (Å²) < 4.78 is 5.42. The molecule has 6 heteroatoms. The van der Waals surface area contributed by atoms with E-state index in [9.17, 15) is 15.3 Å². The van der Waals surface area contributed by atoms with Gasteiger partial charge in [-0.1, -0.05) is 6.08 Å². The Labute approximate surface area is 130 Å². The van der Waals surface area contributed by atoms with Crippen LogP contribution in [-0.4, -0.2) is 46.9 Å². The zero-order valence-electron chi connectivity index (χ0n) is 13.1. The minimum atomic E-state index is -1.27. The van der Waals surface area contributed by atoms with Gasteiger partial charge in [0.15, 0.2) is 5.76 Å². The van der Waals surface area contributed by atoms with Crippen molar-refractivity contribution in [2.24, 2.45) is 4.99 Å². The Morgan fingerprint density at radius 2 is 2.14 bits per heavy atom. The molecule has 0 aromatic rings. The van der Waals surface area contributed by atoms with Gasteiger partial charge in [0.1, 0.15) is 5.76 Å². The molecule has 2 aliphatic rings. The molecule has 0 spiro atoms. The number of ether oxygens (including phenoxy) is 1. The van der Waals surface area contributed by atoms with Crippen LogP contribution in [0.25, 0.3) is 0 Å². The van der Waals surface area contributed by atoms with Crippen LogP contribution in [0.4, 0.5) is 0 Å². The van der Waals surface area contributed by atoms with Gasteiger partial charge in [0, 0.05) is 12.8 Å². The van der Waals surface area contributed by atoms with Crippen molar-refractivity contribution in [3.63, 3.8) is 0 Å². The molecular weight excluding hydrogens is 284 g/mol. The number of allylic oxidation sites excluding steroid dienone is 3. The fourth-order valence-corrected chi connectivity index (χ4v) is 2.45. The summed E-state index contributed by atoms with van der Waals surface area (Å²) >= 11 is 0. The van der Waals surface area contributed by atoms with E-state index >= 15 is 0 Å². The minimum absolute atomic E-state index is 0.177. The van der Waals surface area contributed by atoms with E-state index in [1.165, 1.54) is 0 Å². The van der Waals surface area contributed by atoms with E-state index in [4.69, 9.17) is 4.74 Å². The lowest BCUT2D eigenvalue weighted by Crippen LogP contribution is -2.42. The van der Waals surface area contributed by atoms with Gasteiger partial charge in [0.25, 0.3) is 0 Å². The zero-order valence-corrected chi connectivity index (χ0v) is 13.1. The number of aliphatic hydroxyl groups excluding tert-OH is 2. The molecule has 0 bridgehead atoms. The smallest absolute Gasteiger partial charge is 0.159 e. The maximum atomic E-state index is 10.5. The lowest BCUT2D eigenvalue weighted by Gasteiger charge is -2.33. The summed E-state index contributed by atoms with van der Waals surface area (Å²) in [7, 11) is 1.55. The van der Waals surface area contributed by atoms with Gasteiger partial charge in [0.2, 0.25) is 0 Å². The molecule has 1 unspecified atom stereocenters. The van der Waals surface area contributed by atoms with Crippen LogP contribution in [0.15, 0.2) is 40.1 Å². The maximum Gasteiger partial charge on any atom is 0.159 e.